The lowest BCUT2D eigenvalue weighted by atomic mass is 9.94. The minimum Gasteiger partial charge on any atom is -0.349 e. The number of hydrogen-bond donors (Lipinski definition) is 0. The summed E-state index contributed by atoms with van der Waals surface area (Å²) in [6.07, 6.45) is 6.39. The highest BCUT2D eigenvalue weighted by Gasteiger charge is 2.38. The number of nitrogens with zero attached hydrogens (tertiary/aromatic N) is 2. The van der Waals surface area contributed by atoms with Gasteiger partial charge < -0.3 is 9.80 Å². The van der Waals surface area contributed by atoms with Gasteiger partial charge in [-0.3, -0.25) is 9.59 Å². The summed E-state index contributed by atoms with van der Waals surface area (Å²) in [5.41, 5.74) is 0. The molecule has 0 aromatic rings. The standard InChI is InChI=1S/C13H22N2O2/c1-14(2)13(17)10-8-12(16)15(9-10)11-6-4-3-5-7-11/h10-11H,3-9H2,1-2H3/t10-/m1/s1. The molecule has 4 heteroatoms. The molecule has 2 rings (SSSR count). The Bertz CT molecular complexity index is 309. The largest absolute Gasteiger partial charge is 0.349 e. The van der Waals surface area contributed by atoms with E-state index in [1.54, 1.807) is 19.0 Å². The van der Waals surface area contributed by atoms with E-state index in [0.29, 0.717) is 19.0 Å². The van der Waals surface area contributed by atoms with Crippen LogP contribution >= 0.6 is 0 Å². The Morgan fingerprint density at radius 1 is 1.24 bits per heavy atom. The first-order valence-corrected chi connectivity index (χ1v) is 6.60. The summed E-state index contributed by atoms with van der Waals surface area (Å²) in [7, 11) is 3.52. The zero-order valence-electron chi connectivity index (χ0n) is 10.8. The first kappa shape index (κ1) is 12.4. The molecule has 2 aliphatic rings. The fourth-order valence-electron chi connectivity index (χ4n) is 3.01. The van der Waals surface area contributed by atoms with Crippen molar-refractivity contribution < 1.29 is 9.59 Å². The van der Waals surface area contributed by atoms with Crippen LogP contribution in [-0.2, 0) is 9.59 Å². The predicted octanol–water partition coefficient (Wildman–Crippen LogP) is 1.26. The highest BCUT2D eigenvalue weighted by molar-refractivity contribution is 5.89. The molecular formula is C13H22N2O2. The van der Waals surface area contributed by atoms with Gasteiger partial charge in [0.05, 0.1) is 5.92 Å². The topological polar surface area (TPSA) is 40.6 Å². The second kappa shape index (κ2) is 5.07. The summed E-state index contributed by atoms with van der Waals surface area (Å²) in [6.45, 7) is 0.639. The second-order valence-electron chi connectivity index (χ2n) is 5.47. The summed E-state index contributed by atoms with van der Waals surface area (Å²) in [4.78, 5) is 27.4. The molecule has 1 aliphatic heterocycles. The van der Waals surface area contributed by atoms with Crippen molar-refractivity contribution in [3.05, 3.63) is 0 Å². The van der Waals surface area contributed by atoms with Crippen molar-refractivity contribution in [3.63, 3.8) is 0 Å². The average molecular weight is 238 g/mol. The summed E-state index contributed by atoms with van der Waals surface area (Å²) in [5, 5.41) is 0. The SMILES string of the molecule is CN(C)C(=O)[C@@H]1CC(=O)N(C2CCCCC2)C1. The smallest absolute Gasteiger partial charge is 0.227 e. The lowest BCUT2D eigenvalue weighted by Crippen LogP contribution is -2.39. The van der Waals surface area contributed by atoms with Gasteiger partial charge in [0, 0.05) is 33.1 Å². The Labute approximate surface area is 103 Å². The van der Waals surface area contributed by atoms with Crippen molar-refractivity contribution in [1.29, 1.82) is 0 Å². The van der Waals surface area contributed by atoms with Crippen molar-refractivity contribution in [2.45, 2.75) is 44.6 Å². The summed E-state index contributed by atoms with van der Waals surface area (Å²) >= 11 is 0. The molecule has 0 aromatic carbocycles. The van der Waals surface area contributed by atoms with E-state index in [-0.39, 0.29) is 17.7 Å². The first-order chi connectivity index (χ1) is 8.09. The number of hydrogen-bond acceptors (Lipinski definition) is 2. The molecule has 2 fully saturated rings. The minimum atomic E-state index is -0.112. The van der Waals surface area contributed by atoms with E-state index in [4.69, 9.17) is 0 Å². The summed E-state index contributed by atoms with van der Waals surface area (Å²) < 4.78 is 0. The fraction of sp³-hybridized carbons (Fsp3) is 0.846. The molecule has 0 spiro atoms. The molecule has 0 aromatic heterocycles. The van der Waals surface area contributed by atoms with Crippen LogP contribution in [0.3, 0.4) is 0 Å². The van der Waals surface area contributed by atoms with Crippen molar-refractivity contribution in [3.8, 4) is 0 Å². The Kier molecular flexibility index (Phi) is 3.69. The van der Waals surface area contributed by atoms with E-state index in [2.05, 4.69) is 0 Å². The highest BCUT2D eigenvalue weighted by atomic mass is 16.2. The molecule has 0 unspecified atom stereocenters. The molecule has 0 N–H and O–H groups in total. The normalized spacial score (nSPS) is 26.4. The van der Waals surface area contributed by atoms with Crippen LogP contribution in [0, 0.1) is 5.92 Å². The van der Waals surface area contributed by atoms with E-state index in [0.717, 1.165) is 12.8 Å². The van der Waals surface area contributed by atoms with Crippen molar-refractivity contribution in [2.75, 3.05) is 20.6 Å². The minimum absolute atomic E-state index is 0.0941. The molecule has 1 saturated carbocycles. The summed E-state index contributed by atoms with van der Waals surface area (Å²) in [6, 6.07) is 0.399. The average Bonchev–Trinajstić information content (AvgIpc) is 2.71. The Balaban J connectivity index is 1.97. The number of carbonyl (C=O) groups is 2. The maximum absolute atomic E-state index is 12.0. The van der Waals surface area contributed by atoms with E-state index >= 15 is 0 Å². The zero-order valence-corrected chi connectivity index (χ0v) is 10.8. The van der Waals surface area contributed by atoms with Crippen LogP contribution in [0.4, 0.5) is 0 Å². The van der Waals surface area contributed by atoms with Gasteiger partial charge in [-0.25, -0.2) is 0 Å². The van der Waals surface area contributed by atoms with Gasteiger partial charge in [-0.1, -0.05) is 19.3 Å². The van der Waals surface area contributed by atoms with E-state index < -0.39 is 0 Å². The van der Waals surface area contributed by atoms with Gasteiger partial charge in [0.25, 0.3) is 0 Å². The van der Waals surface area contributed by atoms with Crippen LogP contribution < -0.4 is 0 Å². The summed E-state index contributed by atoms with van der Waals surface area (Å²) in [5.74, 6) is 0.160. The van der Waals surface area contributed by atoms with Crippen LogP contribution in [0.1, 0.15) is 38.5 Å². The van der Waals surface area contributed by atoms with E-state index in [1.165, 1.54) is 19.3 Å². The van der Waals surface area contributed by atoms with Crippen LogP contribution in [0.25, 0.3) is 0 Å². The van der Waals surface area contributed by atoms with Crippen LogP contribution in [-0.4, -0.2) is 48.3 Å². The van der Waals surface area contributed by atoms with Gasteiger partial charge in [-0.15, -0.1) is 0 Å². The zero-order chi connectivity index (χ0) is 12.4. The Morgan fingerprint density at radius 3 is 2.47 bits per heavy atom. The second-order valence-corrected chi connectivity index (χ2v) is 5.47. The molecule has 4 nitrogen and oxygen atoms in total. The lowest BCUT2D eigenvalue weighted by Gasteiger charge is -2.31. The number of amides is 2. The molecule has 1 saturated heterocycles. The maximum Gasteiger partial charge on any atom is 0.227 e. The van der Waals surface area contributed by atoms with E-state index in [9.17, 15) is 9.59 Å². The van der Waals surface area contributed by atoms with Gasteiger partial charge >= 0.3 is 0 Å². The predicted molar refractivity (Wildman–Crippen MR) is 65.4 cm³/mol. The number of rotatable bonds is 2. The van der Waals surface area contributed by atoms with Crippen molar-refractivity contribution in [2.24, 2.45) is 5.92 Å². The van der Waals surface area contributed by atoms with Gasteiger partial charge in [0.1, 0.15) is 0 Å². The quantitative estimate of drug-likeness (QED) is 0.726. The Morgan fingerprint density at radius 2 is 1.88 bits per heavy atom. The third-order valence-electron chi connectivity index (χ3n) is 3.96. The van der Waals surface area contributed by atoms with Crippen LogP contribution in [0.5, 0.6) is 0 Å². The van der Waals surface area contributed by atoms with Gasteiger partial charge in [0.2, 0.25) is 11.8 Å². The molecule has 0 bridgehead atoms. The maximum atomic E-state index is 12.0. The molecule has 1 aliphatic carbocycles. The molecule has 1 heterocycles. The molecule has 1 atom stereocenters. The molecule has 96 valence electrons. The Hall–Kier alpha value is -1.06. The molecular weight excluding hydrogens is 216 g/mol. The molecule has 0 radical (unpaired) electrons. The van der Waals surface area contributed by atoms with Crippen LogP contribution in [0.15, 0.2) is 0 Å². The molecule has 2 amide bonds. The molecule has 17 heavy (non-hydrogen) atoms. The third-order valence-corrected chi connectivity index (χ3v) is 3.96. The van der Waals surface area contributed by atoms with Gasteiger partial charge in [-0.2, -0.15) is 0 Å². The number of carbonyl (C=O) groups excluding carboxylic acids is 2. The lowest BCUT2D eigenvalue weighted by molar-refractivity contribution is -0.133. The van der Waals surface area contributed by atoms with E-state index in [1.807, 2.05) is 4.90 Å². The van der Waals surface area contributed by atoms with Crippen molar-refractivity contribution >= 4 is 11.8 Å². The highest BCUT2D eigenvalue weighted by Crippen LogP contribution is 2.29. The first-order valence-electron chi connectivity index (χ1n) is 6.60. The fourth-order valence-corrected chi connectivity index (χ4v) is 3.01. The van der Waals surface area contributed by atoms with Crippen molar-refractivity contribution in [1.82, 2.24) is 9.80 Å². The third kappa shape index (κ3) is 2.61. The monoisotopic (exact) mass is 238 g/mol. The van der Waals surface area contributed by atoms with Gasteiger partial charge in [-0.05, 0) is 12.8 Å². The number of likely N-dealkylation sites (tertiary alicyclic amines) is 1. The van der Waals surface area contributed by atoms with Gasteiger partial charge in [0.15, 0.2) is 0 Å². The van der Waals surface area contributed by atoms with Crippen LogP contribution in [0.2, 0.25) is 0 Å².